The van der Waals surface area contributed by atoms with Crippen LogP contribution in [-0.2, 0) is 9.59 Å². The first-order chi connectivity index (χ1) is 19.2. The number of carbonyl (C=O) groups is 2. The van der Waals surface area contributed by atoms with Crippen LogP contribution in [0.5, 0.6) is 28.7 Å². The number of alkyl halides is 5. The Morgan fingerprint density at radius 3 is 2.05 bits per heavy atom. The molecule has 2 bridgehead atoms. The van der Waals surface area contributed by atoms with E-state index in [0.717, 1.165) is 12.1 Å². The van der Waals surface area contributed by atoms with E-state index < -0.39 is 60.6 Å². The Hall–Kier alpha value is -4.01. The summed E-state index contributed by atoms with van der Waals surface area (Å²) in [5.74, 6) is -1.51. The van der Waals surface area contributed by atoms with Gasteiger partial charge in [-0.25, -0.2) is 0 Å². The molecular formula is C26H25F5N2O8. The maximum absolute atomic E-state index is 13.2. The van der Waals surface area contributed by atoms with Crippen LogP contribution in [0.3, 0.4) is 0 Å². The zero-order valence-electron chi connectivity index (χ0n) is 21.3. The average molecular weight is 588 g/mol. The number of fused-ring (bicyclic) bond motifs is 4. The van der Waals surface area contributed by atoms with Gasteiger partial charge in [0.05, 0.1) is 11.6 Å². The number of rotatable bonds is 9. The van der Waals surface area contributed by atoms with Crippen molar-refractivity contribution in [2.45, 2.75) is 61.9 Å². The molecule has 6 rings (SSSR count). The highest BCUT2D eigenvalue weighted by Crippen LogP contribution is 2.47. The summed E-state index contributed by atoms with van der Waals surface area (Å²) in [6.07, 6.45) is -7.69. The van der Waals surface area contributed by atoms with Gasteiger partial charge in [-0.2, -0.15) is 0 Å². The molecule has 0 spiro atoms. The van der Waals surface area contributed by atoms with Gasteiger partial charge >= 0.3 is 12.7 Å². The highest BCUT2D eigenvalue weighted by atomic mass is 19.4. The quantitative estimate of drug-likeness (QED) is 0.381. The molecule has 1 heterocycles. The molecular weight excluding hydrogens is 563 g/mol. The van der Waals surface area contributed by atoms with Gasteiger partial charge in [0, 0.05) is 11.6 Å². The topological polar surface area (TPSA) is 125 Å². The van der Waals surface area contributed by atoms with E-state index in [9.17, 15) is 36.6 Å². The summed E-state index contributed by atoms with van der Waals surface area (Å²) >= 11 is 0. The molecule has 1 aliphatic heterocycles. The minimum atomic E-state index is -4.82. The van der Waals surface area contributed by atoms with Crippen LogP contribution in [0.15, 0.2) is 42.5 Å². The third-order valence-corrected chi connectivity index (χ3v) is 7.28. The predicted octanol–water partition coefficient (Wildman–Crippen LogP) is 3.41. The van der Waals surface area contributed by atoms with Crippen LogP contribution in [0.4, 0.5) is 22.0 Å². The van der Waals surface area contributed by atoms with Gasteiger partial charge in [-0.15, -0.1) is 22.0 Å². The highest BCUT2D eigenvalue weighted by molar-refractivity contribution is 5.79. The first-order valence-electron chi connectivity index (χ1n) is 12.6. The summed E-state index contributed by atoms with van der Waals surface area (Å²) < 4.78 is 86.5. The van der Waals surface area contributed by atoms with Crippen LogP contribution in [0.25, 0.3) is 0 Å². The number of hydrogen-bond acceptors (Lipinski definition) is 8. The van der Waals surface area contributed by atoms with Crippen LogP contribution in [0, 0.1) is 0 Å². The lowest BCUT2D eigenvalue weighted by molar-refractivity contribution is -0.286. The normalized spacial score (nSPS) is 25.8. The SMILES string of the molecule is O=C(COc1ccc2c(c1)OC(F)(F)O2)NC12CCC(NC(=O)COc3ccc(OC(F)(F)F)cc3)(CC1)[C@H](O)C2. The van der Waals surface area contributed by atoms with Gasteiger partial charge in [-0.1, -0.05) is 0 Å². The number of carbonyl (C=O) groups excluding carboxylic acids is 2. The fraction of sp³-hybridized carbons (Fsp3) is 0.462. The first kappa shape index (κ1) is 28.5. The highest BCUT2D eigenvalue weighted by Gasteiger charge is 2.55. The molecule has 0 saturated heterocycles. The standard InChI is InChI=1S/C26H25F5N2O8/c27-25(28,29)39-16-3-1-15(2-4-16)37-14-22(36)33-24-9-7-23(8-10-24,12-20(24)34)32-21(35)13-38-17-5-6-18-19(11-17)41-26(30,31)40-18/h1-6,11,20,34H,7-10,12-14H2,(H,32,35)(H,33,36)/t20-,23?,24?/m1/s1. The molecule has 2 amide bonds. The molecule has 3 fully saturated rings. The second-order valence-electron chi connectivity index (χ2n) is 10.1. The number of hydrogen-bond donors (Lipinski definition) is 3. The average Bonchev–Trinajstić information content (AvgIpc) is 3.20. The largest absolute Gasteiger partial charge is 0.586 e. The summed E-state index contributed by atoms with van der Waals surface area (Å²) in [5, 5.41) is 16.6. The van der Waals surface area contributed by atoms with E-state index >= 15 is 0 Å². The van der Waals surface area contributed by atoms with E-state index in [2.05, 4.69) is 24.8 Å². The fourth-order valence-corrected chi connectivity index (χ4v) is 5.36. The van der Waals surface area contributed by atoms with Gasteiger partial charge in [0.25, 0.3) is 11.8 Å². The number of nitrogens with one attached hydrogen (secondary N) is 2. The third-order valence-electron chi connectivity index (χ3n) is 7.28. The van der Waals surface area contributed by atoms with E-state index in [1.165, 1.54) is 30.3 Å². The Morgan fingerprint density at radius 2 is 1.41 bits per heavy atom. The lowest BCUT2D eigenvalue weighted by atomic mass is 9.60. The molecule has 0 aromatic heterocycles. The van der Waals surface area contributed by atoms with E-state index in [-0.39, 0.29) is 29.4 Å². The molecule has 15 heteroatoms. The Labute approximate surface area is 229 Å². The number of ether oxygens (including phenoxy) is 5. The van der Waals surface area contributed by atoms with Crippen LogP contribution in [0.1, 0.15) is 32.1 Å². The maximum Gasteiger partial charge on any atom is 0.586 e. The summed E-state index contributed by atoms with van der Waals surface area (Å²) in [6.45, 7) is -0.832. The molecule has 222 valence electrons. The van der Waals surface area contributed by atoms with E-state index in [1.54, 1.807) is 0 Å². The second-order valence-corrected chi connectivity index (χ2v) is 10.1. The Balaban J connectivity index is 1.08. The summed E-state index contributed by atoms with van der Waals surface area (Å²) in [5.41, 5.74) is -1.62. The molecule has 41 heavy (non-hydrogen) atoms. The number of amides is 2. The van der Waals surface area contributed by atoms with Crippen LogP contribution >= 0.6 is 0 Å². The van der Waals surface area contributed by atoms with E-state index in [4.69, 9.17) is 9.47 Å². The van der Waals surface area contributed by atoms with Crippen molar-refractivity contribution in [2.75, 3.05) is 13.2 Å². The van der Waals surface area contributed by atoms with Crippen molar-refractivity contribution in [3.05, 3.63) is 42.5 Å². The van der Waals surface area contributed by atoms with Gasteiger partial charge < -0.3 is 39.4 Å². The molecule has 0 radical (unpaired) electrons. The number of halogens is 5. The maximum atomic E-state index is 13.2. The van der Waals surface area contributed by atoms with Crippen molar-refractivity contribution < 1.29 is 60.3 Å². The summed E-state index contributed by atoms with van der Waals surface area (Å²) in [6, 6.07) is 8.36. The van der Waals surface area contributed by atoms with Gasteiger partial charge in [0.15, 0.2) is 24.7 Å². The number of aliphatic hydroxyl groups excluding tert-OH is 1. The van der Waals surface area contributed by atoms with Crippen molar-refractivity contribution in [2.24, 2.45) is 0 Å². The summed E-state index contributed by atoms with van der Waals surface area (Å²) in [7, 11) is 0. The third kappa shape index (κ3) is 6.66. The molecule has 3 N–H and O–H groups in total. The molecule has 2 aromatic carbocycles. The van der Waals surface area contributed by atoms with Crippen molar-refractivity contribution >= 4 is 11.8 Å². The van der Waals surface area contributed by atoms with E-state index in [1.807, 2.05) is 0 Å². The van der Waals surface area contributed by atoms with Gasteiger partial charge in [0.1, 0.15) is 17.2 Å². The van der Waals surface area contributed by atoms with Crippen molar-refractivity contribution in [1.82, 2.24) is 10.6 Å². The lowest BCUT2D eigenvalue weighted by Gasteiger charge is -2.56. The lowest BCUT2D eigenvalue weighted by Crippen LogP contribution is -2.70. The van der Waals surface area contributed by atoms with Gasteiger partial charge in [0.2, 0.25) is 0 Å². The molecule has 3 aliphatic carbocycles. The van der Waals surface area contributed by atoms with E-state index in [0.29, 0.717) is 25.7 Å². The number of aliphatic hydroxyl groups is 1. The minimum absolute atomic E-state index is 0.125. The van der Waals surface area contributed by atoms with Crippen LogP contribution in [-0.4, -0.2) is 60.0 Å². The molecule has 4 aliphatic rings. The summed E-state index contributed by atoms with van der Waals surface area (Å²) in [4.78, 5) is 25.2. The van der Waals surface area contributed by atoms with Crippen molar-refractivity contribution in [3.63, 3.8) is 0 Å². The predicted molar refractivity (Wildman–Crippen MR) is 128 cm³/mol. The Morgan fingerprint density at radius 1 is 0.854 bits per heavy atom. The Bertz CT molecular complexity index is 1300. The number of benzene rings is 2. The Kier molecular flexibility index (Phi) is 7.26. The zero-order chi connectivity index (χ0) is 29.5. The minimum Gasteiger partial charge on any atom is -0.484 e. The zero-order valence-corrected chi connectivity index (χ0v) is 21.3. The fourth-order valence-electron chi connectivity index (χ4n) is 5.36. The smallest absolute Gasteiger partial charge is 0.484 e. The van der Waals surface area contributed by atoms with Crippen molar-refractivity contribution in [3.8, 4) is 28.7 Å². The second kappa shape index (κ2) is 10.4. The first-order valence-corrected chi connectivity index (χ1v) is 12.6. The van der Waals surface area contributed by atoms with Crippen molar-refractivity contribution in [1.29, 1.82) is 0 Å². The van der Waals surface area contributed by atoms with Gasteiger partial charge in [-0.3, -0.25) is 9.59 Å². The molecule has 0 unspecified atom stereocenters. The molecule has 3 saturated carbocycles. The monoisotopic (exact) mass is 588 g/mol. The van der Waals surface area contributed by atoms with Crippen LogP contribution < -0.4 is 34.3 Å². The van der Waals surface area contributed by atoms with Crippen LogP contribution in [0.2, 0.25) is 0 Å². The molecule has 1 atom stereocenters. The molecule has 10 nitrogen and oxygen atoms in total. The van der Waals surface area contributed by atoms with Gasteiger partial charge in [-0.05, 0) is 68.5 Å². The molecule has 2 aromatic rings.